The predicted molar refractivity (Wildman–Crippen MR) is 97.5 cm³/mol. The molecule has 2 rings (SSSR count). The maximum atomic E-state index is 12.4. The number of oxime groups is 1. The number of nitrogens with one attached hydrogen (secondary N) is 1. The van der Waals surface area contributed by atoms with Crippen LogP contribution < -0.4 is 5.32 Å². The molecule has 1 atom stereocenters. The zero-order valence-corrected chi connectivity index (χ0v) is 15.1. The molecule has 0 aliphatic carbocycles. The van der Waals surface area contributed by atoms with Gasteiger partial charge in [0, 0.05) is 23.5 Å². The molecule has 1 heterocycles. The summed E-state index contributed by atoms with van der Waals surface area (Å²) in [7, 11) is 0. The van der Waals surface area contributed by atoms with E-state index >= 15 is 0 Å². The van der Waals surface area contributed by atoms with E-state index in [-0.39, 0.29) is 17.7 Å². The highest BCUT2D eigenvalue weighted by Gasteiger charge is 2.27. The molecule has 0 unspecified atom stereocenters. The van der Waals surface area contributed by atoms with Gasteiger partial charge in [-0.3, -0.25) is 0 Å². The summed E-state index contributed by atoms with van der Waals surface area (Å²) in [5.74, 6) is 0. The Hall–Kier alpha value is -2.01. The Labute approximate surface area is 148 Å². The van der Waals surface area contributed by atoms with Gasteiger partial charge in [-0.1, -0.05) is 35.0 Å². The Balaban J connectivity index is 1.96. The summed E-state index contributed by atoms with van der Waals surface area (Å²) in [6, 6.07) is 7.36. The zero-order valence-electron chi connectivity index (χ0n) is 14.4. The van der Waals surface area contributed by atoms with Gasteiger partial charge in [0.2, 0.25) is 0 Å². The lowest BCUT2D eigenvalue weighted by Crippen LogP contribution is -2.50. The van der Waals surface area contributed by atoms with Crippen LogP contribution in [0.2, 0.25) is 5.02 Å². The number of hydrogen-bond donors (Lipinski definition) is 1. The quantitative estimate of drug-likeness (QED) is 0.821. The fourth-order valence-corrected chi connectivity index (χ4v) is 2.51. The van der Waals surface area contributed by atoms with Crippen molar-refractivity contribution in [3.8, 4) is 0 Å². The molecule has 1 aromatic rings. The molecule has 6 heteroatoms. The van der Waals surface area contributed by atoms with E-state index in [9.17, 15) is 4.79 Å². The van der Waals surface area contributed by atoms with E-state index in [1.165, 1.54) is 0 Å². The molecule has 0 radical (unpaired) electrons. The molecule has 2 amide bonds. The van der Waals surface area contributed by atoms with Crippen molar-refractivity contribution in [1.82, 2.24) is 10.2 Å². The minimum Gasteiger partial charge on any atom is -0.390 e. The molecule has 24 heavy (non-hydrogen) atoms. The van der Waals surface area contributed by atoms with Crippen LogP contribution in [-0.4, -0.2) is 41.4 Å². The van der Waals surface area contributed by atoms with Gasteiger partial charge in [0.1, 0.15) is 0 Å². The van der Waals surface area contributed by atoms with Crippen LogP contribution in [0.5, 0.6) is 0 Å². The van der Waals surface area contributed by atoms with E-state index in [0.717, 1.165) is 11.3 Å². The molecule has 0 fully saturated rings. The number of urea groups is 1. The summed E-state index contributed by atoms with van der Waals surface area (Å²) in [4.78, 5) is 19.6. The Morgan fingerprint density at radius 3 is 2.71 bits per heavy atom. The van der Waals surface area contributed by atoms with Crippen LogP contribution in [0, 0.1) is 0 Å². The van der Waals surface area contributed by atoms with E-state index in [1.807, 2.05) is 45.0 Å². The number of hydrogen-bond acceptors (Lipinski definition) is 3. The van der Waals surface area contributed by atoms with Gasteiger partial charge in [0.25, 0.3) is 0 Å². The molecular formula is C18H24ClN3O2. The van der Waals surface area contributed by atoms with Crippen molar-refractivity contribution >= 4 is 23.3 Å². The number of carbonyl (C=O) groups is 1. The number of benzene rings is 1. The SMILES string of the molecule is C=CCN(C[C@@H]1CC(c2ccc(Cl)cc2)=NO1)C(=O)NC(C)(C)C. The second-order valence-electron chi connectivity index (χ2n) is 6.85. The third-order valence-corrected chi connectivity index (χ3v) is 3.71. The number of rotatable bonds is 5. The van der Waals surface area contributed by atoms with Gasteiger partial charge < -0.3 is 15.1 Å². The Morgan fingerprint density at radius 1 is 1.46 bits per heavy atom. The molecule has 0 saturated carbocycles. The van der Waals surface area contributed by atoms with Crippen LogP contribution in [-0.2, 0) is 4.84 Å². The first-order chi connectivity index (χ1) is 11.3. The standard InChI is InChI=1S/C18H24ClN3O2/c1-5-10-22(17(23)20-18(2,3)4)12-15-11-16(21-24-15)13-6-8-14(19)9-7-13/h5-9,15H,1,10-12H2,2-4H3,(H,20,23)/t15-/m0/s1. The van der Waals surface area contributed by atoms with Crippen LogP contribution in [0.4, 0.5) is 4.79 Å². The van der Waals surface area contributed by atoms with Crippen molar-refractivity contribution in [3.63, 3.8) is 0 Å². The van der Waals surface area contributed by atoms with Crippen molar-refractivity contribution in [2.24, 2.45) is 5.16 Å². The highest BCUT2D eigenvalue weighted by Crippen LogP contribution is 2.19. The van der Waals surface area contributed by atoms with E-state index < -0.39 is 0 Å². The third kappa shape index (κ3) is 5.27. The topological polar surface area (TPSA) is 53.9 Å². The van der Waals surface area contributed by atoms with Crippen molar-refractivity contribution in [2.75, 3.05) is 13.1 Å². The molecule has 0 saturated heterocycles. The summed E-state index contributed by atoms with van der Waals surface area (Å²) >= 11 is 5.91. The van der Waals surface area contributed by atoms with E-state index in [2.05, 4.69) is 17.1 Å². The van der Waals surface area contributed by atoms with Gasteiger partial charge in [-0.25, -0.2) is 4.79 Å². The normalized spacial score (nSPS) is 17.0. The van der Waals surface area contributed by atoms with E-state index in [4.69, 9.17) is 16.4 Å². The number of carbonyl (C=O) groups excluding carboxylic acids is 1. The molecule has 1 N–H and O–H groups in total. The first kappa shape index (κ1) is 18.3. The van der Waals surface area contributed by atoms with Crippen LogP contribution in [0.15, 0.2) is 42.1 Å². The van der Waals surface area contributed by atoms with E-state index in [1.54, 1.807) is 11.0 Å². The minimum atomic E-state index is -0.294. The monoisotopic (exact) mass is 349 g/mol. The highest BCUT2D eigenvalue weighted by atomic mass is 35.5. The summed E-state index contributed by atoms with van der Waals surface area (Å²) < 4.78 is 0. The maximum Gasteiger partial charge on any atom is 0.318 e. The van der Waals surface area contributed by atoms with Gasteiger partial charge in [-0.05, 0) is 38.5 Å². The van der Waals surface area contributed by atoms with Gasteiger partial charge >= 0.3 is 6.03 Å². The van der Waals surface area contributed by atoms with Crippen molar-refractivity contribution < 1.29 is 9.63 Å². The largest absolute Gasteiger partial charge is 0.390 e. The fraction of sp³-hybridized carbons (Fsp3) is 0.444. The minimum absolute atomic E-state index is 0.133. The lowest BCUT2D eigenvalue weighted by molar-refractivity contribution is 0.0621. The summed E-state index contributed by atoms with van der Waals surface area (Å²) in [5.41, 5.74) is 1.56. The number of halogens is 1. The first-order valence-corrected chi connectivity index (χ1v) is 8.33. The van der Waals surface area contributed by atoms with Crippen LogP contribution in [0.1, 0.15) is 32.8 Å². The summed E-state index contributed by atoms with van der Waals surface area (Å²) in [5, 5.41) is 7.80. The van der Waals surface area contributed by atoms with Gasteiger partial charge in [-0.15, -0.1) is 6.58 Å². The van der Waals surface area contributed by atoms with Crippen LogP contribution >= 0.6 is 11.6 Å². The molecule has 1 aliphatic rings. The van der Waals surface area contributed by atoms with Crippen LogP contribution in [0.25, 0.3) is 0 Å². The second kappa shape index (κ2) is 7.71. The summed E-state index contributed by atoms with van der Waals surface area (Å²) in [6.45, 7) is 10.5. The fourth-order valence-electron chi connectivity index (χ4n) is 2.38. The van der Waals surface area contributed by atoms with Crippen LogP contribution in [0.3, 0.4) is 0 Å². The Bertz CT molecular complexity index is 620. The molecule has 1 aromatic carbocycles. The van der Waals surface area contributed by atoms with E-state index in [0.29, 0.717) is 24.5 Å². The first-order valence-electron chi connectivity index (χ1n) is 7.95. The van der Waals surface area contributed by atoms with Gasteiger partial charge in [-0.2, -0.15) is 0 Å². The molecule has 130 valence electrons. The van der Waals surface area contributed by atoms with Gasteiger partial charge in [0.05, 0.1) is 12.3 Å². The Kier molecular flexibility index (Phi) is 5.89. The third-order valence-electron chi connectivity index (χ3n) is 3.45. The van der Waals surface area contributed by atoms with Crippen molar-refractivity contribution in [1.29, 1.82) is 0 Å². The number of nitrogens with zero attached hydrogens (tertiary/aromatic N) is 2. The Morgan fingerprint density at radius 2 is 2.12 bits per heavy atom. The van der Waals surface area contributed by atoms with Gasteiger partial charge in [0.15, 0.2) is 6.10 Å². The molecule has 1 aliphatic heterocycles. The maximum absolute atomic E-state index is 12.4. The van der Waals surface area contributed by atoms with Crippen molar-refractivity contribution in [3.05, 3.63) is 47.5 Å². The smallest absolute Gasteiger partial charge is 0.318 e. The lowest BCUT2D eigenvalue weighted by Gasteiger charge is -2.28. The average molecular weight is 350 g/mol. The molecular weight excluding hydrogens is 326 g/mol. The summed E-state index contributed by atoms with van der Waals surface area (Å²) in [6.07, 6.45) is 2.19. The molecule has 0 aromatic heterocycles. The highest BCUT2D eigenvalue weighted by molar-refractivity contribution is 6.30. The second-order valence-corrected chi connectivity index (χ2v) is 7.29. The zero-order chi connectivity index (χ0) is 17.7. The molecule has 5 nitrogen and oxygen atoms in total. The lowest BCUT2D eigenvalue weighted by atomic mass is 10.0. The number of amides is 2. The average Bonchev–Trinajstić information content (AvgIpc) is 2.94. The molecule has 0 bridgehead atoms. The van der Waals surface area contributed by atoms with Crippen molar-refractivity contribution in [2.45, 2.75) is 38.8 Å². The molecule has 0 spiro atoms. The predicted octanol–water partition coefficient (Wildman–Crippen LogP) is 3.83.